The molecule has 2 heterocycles. The van der Waals surface area contributed by atoms with Gasteiger partial charge in [0, 0.05) is 23.6 Å². The first kappa shape index (κ1) is 19.4. The molecule has 1 aliphatic rings. The van der Waals surface area contributed by atoms with Crippen LogP contribution in [0.15, 0.2) is 48.7 Å². The maximum absolute atomic E-state index is 12.5. The summed E-state index contributed by atoms with van der Waals surface area (Å²) in [6.45, 7) is 0.320. The Balaban J connectivity index is 1.57. The first-order valence-electron chi connectivity index (χ1n) is 9.31. The van der Waals surface area contributed by atoms with Gasteiger partial charge in [-0.1, -0.05) is 11.3 Å². The molecule has 9 nitrogen and oxygen atoms in total. The zero-order valence-electron chi connectivity index (χ0n) is 16.5. The minimum atomic E-state index is -0.609. The Bertz CT molecular complexity index is 1070. The van der Waals surface area contributed by atoms with E-state index in [-0.39, 0.29) is 5.91 Å². The van der Waals surface area contributed by atoms with E-state index in [2.05, 4.69) is 15.6 Å². The number of carbonyl (C=O) groups is 2. The average Bonchev–Trinajstić information content (AvgIpc) is 3.43. The molecule has 4 rings (SSSR count). The number of hydrogen-bond acceptors (Lipinski definition) is 7. The standard InChI is InChI=1S/C21H20N4O5/c1-28-16-9-14(10-17(11-16)29-2)19-12-25(24-23-19)15-5-3-4-13(8-15)20(26)22-18-6-7-30-21(18)27/h3-5,8-12,18H,6-7H2,1-2H3,(H,22,26)/t18-/m0/s1. The molecule has 3 aromatic rings. The van der Waals surface area contributed by atoms with E-state index in [0.29, 0.717) is 41.5 Å². The Kier molecular flexibility index (Phi) is 5.34. The van der Waals surface area contributed by atoms with Gasteiger partial charge in [-0.25, -0.2) is 9.48 Å². The highest BCUT2D eigenvalue weighted by Crippen LogP contribution is 2.28. The van der Waals surface area contributed by atoms with Gasteiger partial charge in [0.05, 0.1) is 32.7 Å². The van der Waals surface area contributed by atoms with Crippen LogP contribution in [-0.4, -0.2) is 53.7 Å². The van der Waals surface area contributed by atoms with Crippen LogP contribution in [0.25, 0.3) is 16.9 Å². The molecular weight excluding hydrogens is 388 g/mol. The Labute approximate surface area is 172 Å². The minimum absolute atomic E-state index is 0.320. The van der Waals surface area contributed by atoms with Crippen molar-refractivity contribution in [2.24, 2.45) is 0 Å². The molecule has 0 unspecified atom stereocenters. The van der Waals surface area contributed by atoms with E-state index in [4.69, 9.17) is 14.2 Å². The highest BCUT2D eigenvalue weighted by Gasteiger charge is 2.28. The van der Waals surface area contributed by atoms with Gasteiger partial charge < -0.3 is 19.5 Å². The predicted octanol–water partition coefficient (Wildman–Crippen LogP) is 2.00. The van der Waals surface area contributed by atoms with Crippen LogP contribution in [-0.2, 0) is 9.53 Å². The molecule has 1 amide bonds. The number of ether oxygens (including phenoxy) is 3. The summed E-state index contributed by atoms with van der Waals surface area (Å²) in [6.07, 6.45) is 2.22. The zero-order valence-corrected chi connectivity index (χ0v) is 16.5. The average molecular weight is 408 g/mol. The number of aromatic nitrogens is 3. The summed E-state index contributed by atoms with van der Waals surface area (Å²) in [5, 5.41) is 11.1. The number of nitrogens with one attached hydrogen (secondary N) is 1. The van der Waals surface area contributed by atoms with E-state index in [9.17, 15) is 9.59 Å². The highest BCUT2D eigenvalue weighted by molar-refractivity contribution is 5.97. The number of rotatable bonds is 6. The Morgan fingerprint density at radius 2 is 1.93 bits per heavy atom. The number of benzene rings is 2. The quantitative estimate of drug-likeness (QED) is 0.622. The lowest BCUT2D eigenvalue weighted by Crippen LogP contribution is -2.37. The molecule has 0 spiro atoms. The van der Waals surface area contributed by atoms with Crippen molar-refractivity contribution in [3.05, 3.63) is 54.2 Å². The lowest BCUT2D eigenvalue weighted by molar-refractivity contribution is -0.139. The maximum Gasteiger partial charge on any atom is 0.328 e. The van der Waals surface area contributed by atoms with Crippen LogP contribution >= 0.6 is 0 Å². The number of methoxy groups -OCH3 is 2. The molecule has 1 fully saturated rings. The van der Waals surface area contributed by atoms with Gasteiger partial charge in [0.1, 0.15) is 23.2 Å². The fraction of sp³-hybridized carbons (Fsp3) is 0.238. The molecule has 1 saturated heterocycles. The molecule has 2 aromatic carbocycles. The van der Waals surface area contributed by atoms with Gasteiger partial charge in [0.2, 0.25) is 0 Å². The Morgan fingerprint density at radius 1 is 1.17 bits per heavy atom. The SMILES string of the molecule is COc1cc(OC)cc(-c2cn(-c3cccc(C(=O)N[C@H]4CCOC4=O)c3)nn2)c1. The molecule has 0 bridgehead atoms. The molecular formula is C21H20N4O5. The van der Waals surface area contributed by atoms with E-state index < -0.39 is 12.0 Å². The van der Waals surface area contributed by atoms with Crippen LogP contribution < -0.4 is 14.8 Å². The lowest BCUT2D eigenvalue weighted by atomic mass is 10.1. The van der Waals surface area contributed by atoms with E-state index in [1.54, 1.807) is 49.4 Å². The molecule has 1 aromatic heterocycles. The number of carbonyl (C=O) groups excluding carboxylic acids is 2. The number of amides is 1. The summed E-state index contributed by atoms with van der Waals surface area (Å²) in [5.41, 5.74) is 2.47. The number of hydrogen-bond donors (Lipinski definition) is 1. The fourth-order valence-electron chi connectivity index (χ4n) is 3.14. The third-order valence-corrected chi connectivity index (χ3v) is 4.75. The normalized spacial score (nSPS) is 15.5. The van der Waals surface area contributed by atoms with E-state index in [1.807, 2.05) is 18.2 Å². The van der Waals surface area contributed by atoms with Crippen LogP contribution in [0.3, 0.4) is 0 Å². The maximum atomic E-state index is 12.5. The molecule has 1 N–H and O–H groups in total. The van der Waals surface area contributed by atoms with Gasteiger partial charge in [-0.2, -0.15) is 0 Å². The molecule has 9 heteroatoms. The van der Waals surface area contributed by atoms with Crippen molar-refractivity contribution in [2.45, 2.75) is 12.5 Å². The Hall–Kier alpha value is -3.88. The van der Waals surface area contributed by atoms with Gasteiger partial charge in [-0.05, 0) is 30.3 Å². The van der Waals surface area contributed by atoms with E-state index in [1.165, 1.54) is 0 Å². The van der Waals surface area contributed by atoms with E-state index >= 15 is 0 Å². The summed E-state index contributed by atoms with van der Waals surface area (Å²) in [5.74, 6) is 0.527. The molecule has 0 saturated carbocycles. The zero-order chi connectivity index (χ0) is 21.1. The van der Waals surface area contributed by atoms with Crippen molar-refractivity contribution < 1.29 is 23.8 Å². The van der Waals surface area contributed by atoms with Gasteiger partial charge in [-0.3, -0.25) is 4.79 Å². The van der Waals surface area contributed by atoms with Gasteiger partial charge >= 0.3 is 5.97 Å². The van der Waals surface area contributed by atoms with Crippen molar-refractivity contribution in [3.63, 3.8) is 0 Å². The summed E-state index contributed by atoms with van der Waals surface area (Å²) >= 11 is 0. The first-order chi connectivity index (χ1) is 14.6. The van der Waals surface area contributed by atoms with Crippen molar-refractivity contribution in [2.75, 3.05) is 20.8 Å². The molecule has 0 aliphatic carbocycles. The summed E-state index contributed by atoms with van der Waals surface area (Å²) in [4.78, 5) is 24.1. The first-order valence-corrected chi connectivity index (χ1v) is 9.31. The number of cyclic esters (lactones) is 1. The van der Waals surface area contributed by atoms with Crippen LogP contribution in [0.1, 0.15) is 16.8 Å². The van der Waals surface area contributed by atoms with Crippen LogP contribution in [0, 0.1) is 0 Å². The van der Waals surface area contributed by atoms with Crippen LogP contribution in [0.2, 0.25) is 0 Å². The van der Waals surface area contributed by atoms with Gasteiger partial charge in [0.15, 0.2) is 0 Å². The van der Waals surface area contributed by atoms with Crippen molar-refractivity contribution in [1.82, 2.24) is 20.3 Å². The van der Waals surface area contributed by atoms with Crippen LogP contribution in [0.5, 0.6) is 11.5 Å². The van der Waals surface area contributed by atoms with E-state index in [0.717, 1.165) is 5.56 Å². The topological polar surface area (TPSA) is 105 Å². The second-order valence-electron chi connectivity index (χ2n) is 6.68. The summed E-state index contributed by atoms with van der Waals surface area (Å²) < 4.78 is 17.1. The van der Waals surface area contributed by atoms with Crippen molar-refractivity contribution in [1.29, 1.82) is 0 Å². The number of esters is 1. The minimum Gasteiger partial charge on any atom is -0.497 e. The molecule has 154 valence electrons. The van der Waals surface area contributed by atoms with Gasteiger partial charge in [0.25, 0.3) is 5.91 Å². The molecule has 1 aliphatic heterocycles. The molecule has 0 radical (unpaired) electrons. The highest BCUT2D eigenvalue weighted by atomic mass is 16.5. The third-order valence-electron chi connectivity index (χ3n) is 4.75. The van der Waals surface area contributed by atoms with Crippen molar-refractivity contribution in [3.8, 4) is 28.4 Å². The smallest absolute Gasteiger partial charge is 0.328 e. The van der Waals surface area contributed by atoms with Crippen molar-refractivity contribution >= 4 is 11.9 Å². The third kappa shape index (κ3) is 3.95. The molecule has 1 atom stereocenters. The summed E-state index contributed by atoms with van der Waals surface area (Å²) in [7, 11) is 3.16. The predicted molar refractivity (Wildman–Crippen MR) is 107 cm³/mol. The largest absolute Gasteiger partial charge is 0.497 e. The molecule has 30 heavy (non-hydrogen) atoms. The summed E-state index contributed by atoms with van der Waals surface area (Å²) in [6, 6.07) is 11.7. The Morgan fingerprint density at radius 3 is 2.60 bits per heavy atom. The number of nitrogens with zero attached hydrogens (tertiary/aromatic N) is 3. The second kappa shape index (κ2) is 8.24. The van der Waals surface area contributed by atoms with Gasteiger partial charge in [-0.15, -0.1) is 5.10 Å². The lowest BCUT2D eigenvalue weighted by Gasteiger charge is -2.09. The van der Waals surface area contributed by atoms with Crippen LogP contribution in [0.4, 0.5) is 0 Å². The monoisotopic (exact) mass is 408 g/mol. The second-order valence-corrected chi connectivity index (χ2v) is 6.68. The fourth-order valence-corrected chi connectivity index (χ4v) is 3.14.